The molecule has 5 heteroatoms. The van der Waals surface area contributed by atoms with E-state index in [9.17, 15) is 0 Å². The molecule has 0 aliphatic carbocycles. The molecule has 0 amide bonds. The summed E-state index contributed by atoms with van der Waals surface area (Å²) in [5.41, 5.74) is 2.00. The van der Waals surface area contributed by atoms with Crippen molar-refractivity contribution < 1.29 is 4.42 Å². The lowest BCUT2D eigenvalue weighted by atomic mass is 10.2. The maximum absolute atomic E-state index is 6.24. The van der Waals surface area contributed by atoms with Crippen LogP contribution in [0.25, 0.3) is 0 Å². The average molecular weight is 311 g/mol. The number of nitrogens with one attached hydrogen (secondary N) is 1. The molecule has 0 unspecified atom stereocenters. The van der Waals surface area contributed by atoms with Crippen LogP contribution in [0.4, 0.5) is 11.4 Å². The van der Waals surface area contributed by atoms with E-state index < -0.39 is 0 Å². The molecule has 1 aromatic heterocycles. The fourth-order valence-corrected chi connectivity index (χ4v) is 2.70. The molecule has 108 valence electrons. The minimum Gasteiger partial charge on any atom is -0.463 e. The van der Waals surface area contributed by atoms with Crippen molar-refractivity contribution in [3.8, 4) is 0 Å². The molecule has 1 heterocycles. The van der Waals surface area contributed by atoms with Crippen molar-refractivity contribution >= 4 is 34.7 Å². The Bertz CT molecular complexity index is 569. The fourth-order valence-electron chi connectivity index (χ4n) is 1.91. The number of anilines is 2. The molecule has 0 spiro atoms. The largest absolute Gasteiger partial charge is 0.463 e. The molecule has 1 aromatic carbocycles. The van der Waals surface area contributed by atoms with E-state index in [1.807, 2.05) is 49.3 Å². The van der Waals surface area contributed by atoms with Gasteiger partial charge < -0.3 is 14.6 Å². The zero-order chi connectivity index (χ0) is 14.5. The van der Waals surface area contributed by atoms with Crippen LogP contribution >= 0.6 is 23.4 Å². The van der Waals surface area contributed by atoms with E-state index in [1.54, 1.807) is 11.8 Å². The summed E-state index contributed by atoms with van der Waals surface area (Å²) in [7, 11) is 3.95. The molecule has 3 nitrogen and oxygen atoms in total. The highest BCUT2D eigenvalue weighted by Gasteiger charge is 2.05. The number of hydrogen-bond acceptors (Lipinski definition) is 4. The van der Waals surface area contributed by atoms with Crippen LogP contribution < -0.4 is 10.2 Å². The van der Waals surface area contributed by atoms with Crippen molar-refractivity contribution in [1.29, 1.82) is 0 Å². The number of rotatable bonds is 6. The number of benzene rings is 1. The lowest BCUT2D eigenvalue weighted by Gasteiger charge is -2.15. The van der Waals surface area contributed by atoms with Crippen LogP contribution in [0.5, 0.6) is 0 Å². The third-order valence-corrected chi connectivity index (χ3v) is 3.78. The van der Waals surface area contributed by atoms with Crippen LogP contribution in [0, 0.1) is 0 Å². The first-order chi connectivity index (χ1) is 9.60. The maximum Gasteiger partial charge on any atom is 0.123 e. The summed E-state index contributed by atoms with van der Waals surface area (Å²) in [6.45, 7) is 0.659. The lowest BCUT2D eigenvalue weighted by Crippen LogP contribution is -2.09. The number of thioether (sulfide) groups is 1. The maximum atomic E-state index is 6.24. The molecule has 0 saturated carbocycles. The average Bonchev–Trinajstić information content (AvgIpc) is 2.84. The van der Waals surface area contributed by atoms with Gasteiger partial charge in [-0.25, -0.2) is 0 Å². The van der Waals surface area contributed by atoms with Gasteiger partial charge in [0.25, 0.3) is 0 Å². The van der Waals surface area contributed by atoms with Crippen LogP contribution in [0.2, 0.25) is 5.02 Å². The van der Waals surface area contributed by atoms with E-state index in [1.165, 1.54) is 0 Å². The predicted octanol–water partition coefficient (Wildman–Crippen LogP) is 4.47. The molecule has 2 aromatic rings. The summed E-state index contributed by atoms with van der Waals surface area (Å²) in [5.74, 6) is 2.85. The van der Waals surface area contributed by atoms with Crippen molar-refractivity contribution in [1.82, 2.24) is 0 Å². The molecule has 0 aliphatic rings. The van der Waals surface area contributed by atoms with E-state index in [0.29, 0.717) is 6.54 Å². The molecule has 20 heavy (non-hydrogen) atoms. The van der Waals surface area contributed by atoms with Gasteiger partial charge in [0.1, 0.15) is 11.5 Å². The van der Waals surface area contributed by atoms with Crippen LogP contribution in [0.1, 0.15) is 11.5 Å². The predicted molar refractivity (Wildman–Crippen MR) is 89.0 cm³/mol. The van der Waals surface area contributed by atoms with Crippen molar-refractivity contribution in [3.63, 3.8) is 0 Å². The van der Waals surface area contributed by atoms with Gasteiger partial charge in [-0.05, 0) is 36.6 Å². The van der Waals surface area contributed by atoms with Gasteiger partial charge >= 0.3 is 0 Å². The Labute approximate surface area is 129 Å². The highest BCUT2D eigenvalue weighted by Crippen LogP contribution is 2.27. The number of hydrogen-bond donors (Lipinski definition) is 1. The normalized spacial score (nSPS) is 10.6. The Hall–Kier alpha value is -1.26. The van der Waals surface area contributed by atoms with Gasteiger partial charge in [-0.1, -0.05) is 11.6 Å². The molecule has 2 rings (SSSR count). The fraction of sp³-hybridized carbons (Fsp3) is 0.333. The van der Waals surface area contributed by atoms with Crippen molar-refractivity contribution in [2.24, 2.45) is 0 Å². The molecule has 0 fully saturated rings. The quantitative estimate of drug-likeness (QED) is 0.852. The monoisotopic (exact) mass is 310 g/mol. The summed E-state index contributed by atoms with van der Waals surface area (Å²) < 4.78 is 5.71. The zero-order valence-electron chi connectivity index (χ0n) is 11.9. The molecule has 0 radical (unpaired) electrons. The van der Waals surface area contributed by atoms with E-state index in [0.717, 1.165) is 33.7 Å². The SMILES string of the molecule is CSCc1ccc(CNc2ccc(N(C)C)c(Cl)c2)o1. The van der Waals surface area contributed by atoms with E-state index in [2.05, 4.69) is 11.6 Å². The van der Waals surface area contributed by atoms with E-state index >= 15 is 0 Å². The van der Waals surface area contributed by atoms with Crippen molar-refractivity contribution in [2.45, 2.75) is 12.3 Å². The van der Waals surface area contributed by atoms with Crippen LogP contribution in [-0.2, 0) is 12.3 Å². The molecule has 1 N–H and O–H groups in total. The third-order valence-electron chi connectivity index (χ3n) is 2.90. The second kappa shape index (κ2) is 6.95. The zero-order valence-corrected chi connectivity index (χ0v) is 13.5. The number of furan rings is 1. The first-order valence-corrected chi connectivity index (χ1v) is 8.14. The second-order valence-corrected chi connectivity index (χ2v) is 5.99. The minimum atomic E-state index is 0.659. The number of nitrogens with zero attached hydrogens (tertiary/aromatic N) is 1. The topological polar surface area (TPSA) is 28.4 Å². The Morgan fingerprint density at radius 2 is 1.95 bits per heavy atom. The van der Waals surface area contributed by atoms with Crippen LogP contribution in [-0.4, -0.2) is 20.4 Å². The Morgan fingerprint density at radius 3 is 2.60 bits per heavy atom. The summed E-state index contributed by atoms with van der Waals surface area (Å²) in [5, 5.41) is 4.06. The Balaban J connectivity index is 1.98. The van der Waals surface area contributed by atoms with Gasteiger partial charge in [0.05, 0.1) is 23.0 Å². The molecule has 0 saturated heterocycles. The van der Waals surface area contributed by atoms with Gasteiger partial charge in [-0.2, -0.15) is 11.8 Å². The van der Waals surface area contributed by atoms with Gasteiger partial charge in [0, 0.05) is 19.8 Å². The van der Waals surface area contributed by atoms with Crippen molar-refractivity contribution in [3.05, 3.63) is 46.9 Å². The molecular weight excluding hydrogens is 292 g/mol. The van der Waals surface area contributed by atoms with E-state index in [-0.39, 0.29) is 0 Å². The van der Waals surface area contributed by atoms with Crippen molar-refractivity contribution in [2.75, 3.05) is 30.6 Å². The summed E-state index contributed by atoms with van der Waals surface area (Å²) in [6, 6.07) is 9.99. The van der Waals surface area contributed by atoms with E-state index in [4.69, 9.17) is 16.0 Å². The number of halogens is 1. The molecule has 0 aliphatic heterocycles. The molecule has 0 atom stereocenters. The minimum absolute atomic E-state index is 0.659. The highest BCUT2D eigenvalue weighted by molar-refractivity contribution is 7.97. The first kappa shape index (κ1) is 15.1. The van der Waals surface area contributed by atoms with Gasteiger partial charge in [-0.15, -0.1) is 0 Å². The first-order valence-electron chi connectivity index (χ1n) is 6.37. The molecule has 0 bridgehead atoms. The third kappa shape index (κ3) is 3.87. The molecular formula is C15H19ClN2OS. The van der Waals surface area contributed by atoms with Gasteiger partial charge in [0.2, 0.25) is 0 Å². The van der Waals surface area contributed by atoms with Crippen LogP contribution in [0.15, 0.2) is 34.7 Å². The lowest BCUT2D eigenvalue weighted by molar-refractivity contribution is 0.487. The van der Waals surface area contributed by atoms with Gasteiger partial charge in [0.15, 0.2) is 0 Å². The summed E-state index contributed by atoms with van der Waals surface area (Å²) in [4.78, 5) is 1.99. The Morgan fingerprint density at radius 1 is 1.20 bits per heavy atom. The standard InChI is InChI=1S/C15H19ClN2OS/c1-18(2)15-7-4-11(8-14(15)16)17-9-12-5-6-13(19-12)10-20-3/h4-8,17H,9-10H2,1-3H3. The summed E-state index contributed by atoms with van der Waals surface area (Å²) >= 11 is 8.00. The van der Waals surface area contributed by atoms with Gasteiger partial charge in [-0.3, -0.25) is 0 Å². The van der Waals surface area contributed by atoms with Crippen LogP contribution in [0.3, 0.4) is 0 Å². The highest BCUT2D eigenvalue weighted by atomic mass is 35.5. The summed E-state index contributed by atoms with van der Waals surface area (Å²) in [6.07, 6.45) is 2.06. The second-order valence-electron chi connectivity index (χ2n) is 4.72. The smallest absolute Gasteiger partial charge is 0.123 e. The Kier molecular flexibility index (Phi) is 5.26.